The fourth-order valence-corrected chi connectivity index (χ4v) is 2.58. The summed E-state index contributed by atoms with van der Waals surface area (Å²) >= 11 is 4.43. The van der Waals surface area contributed by atoms with E-state index in [-0.39, 0.29) is 5.82 Å². The van der Waals surface area contributed by atoms with E-state index in [2.05, 4.69) is 30.8 Å². The van der Waals surface area contributed by atoms with Crippen LogP contribution in [0.4, 0.5) is 4.39 Å². The van der Waals surface area contributed by atoms with Gasteiger partial charge in [-0.15, -0.1) is 0 Å². The lowest BCUT2D eigenvalue weighted by atomic mass is 10.1. The summed E-state index contributed by atoms with van der Waals surface area (Å²) in [5.41, 5.74) is 3.69. The van der Waals surface area contributed by atoms with Gasteiger partial charge in [-0.1, -0.05) is 31.9 Å². The van der Waals surface area contributed by atoms with Crippen LogP contribution < -0.4 is 0 Å². The van der Waals surface area contributed by atoms with Gasteiger partial charge < -0.3 is 0 Å². The zero-order chi connectivity index (χ0) is 13.4. The summed E-state index contributed by atoms with van der Waals surface area (Å²) in [7, 11) is 0. The van der Waals surface area contributed by atoms with Gasteiger partial charge in [0, 0.05) is 22.8 Å². The van der Waals surface area contributed by atoms with E-state index < -0.39 is 0 Å². The Kier molecular flexibility index (Phi) is 3.03. The third kappa shape index (κ3) is 2.12. The van der Waals surface area contributed by atoms with Crippen molar-refractivity contribution >= 4 is 23.8 Å². The monoisotopic (exact) mass is 272 g/mol. The van der Waals surface area contributed by atoms with E-state index in [1.165, 1.54) is 12.1 Å². The number of nitrogens with zero attached hydrogens (tertiary/aromatic N) is 2. The van der Waals surface area contributed by atoms with Gasteiger partial charge in [0.15, 0.2) is 0 Å². The Hall–Kier alpha value is -1.81. The molecule has 4 heteroatoms. The van der Waals surface area contributed by atoms with E-state index in [1.54, 1.807) is 16.2 Å². The first-order chi connectivity index (χ1) is 9.19. The fourth-order valence-electron chi connectivity index (χ4n) is 2.21. The van der Waals surface area contributed by atoms with Crippen LogP contribution in [0.2, 0.25) is 0 Å². The number of thiol groups is 1. The summed E-state index contributed by atoms with van der Waals surface area (Å²) in [6.45, 7) is 2.08. The van der Waals surface area contributed by atoms with Crippen LogP contribution in [0, 0.1) is 5.82 Å². The fraction of sp³-hybridized carbons (Fsp3) is 0.133. The van der Waals surface area contributed by atoms with Crippen LogP contribution >= 0.6 is 12.8 Å². The van der Waals surface area contributed by atoms with E-state index in [0.29, 0.717) is 0 Å². The molecule has 2 aromatic heterocycles. The lowest BCUT2D eigenvalue weighted by molar-refractivity contribution is 0.628. The van der Waals surface area contributed by atoms with Gasteiger partial charge in [0.1, 0.15) is 11.5 Å². The Morgan fingerprint density at radius 2 is 2.05 bits per heavy atom. The van der Waals surface area contributed by atoms with E-state index >= 15 is 0 Å². The highest BCUT2D eigenvalue weighted by Crippen LogP contribution is 2.26. The van der Waals surface area contributed by atoms with Gasteiger partial charge in [-0.2, -0.15) is 0 Å². The van der Waals surface area contributed by atoms with Crippen molar-refractivity contribution in [3.05, 3.63) is 54.1 Å². The minimum Gasteiger partial charge on any atom is -0.275 e. The number of aromatic nitrogens is 2. The molecule has 0 aliphatic carbocycles. The standard InChI is InChI=1S/C15H13FN2S/c1-2-14-8-11-6-12(9-17-15(11)18(14)19)10-4-3-5-13(16)7-10/h3-9,19H,2H2,1H3. The van der Waals surface area contributed by atoms with Crippen LogP contribution in [0.25, 0.3) is 22.2 Å². The number of hydrogen-bond acceptors (Lipinski definition) is 2. The second-order valence-corrected chi connectivity index (χ2v) is 4.85. The molecule has 0 radical (unpaired) electrons. The zero-order valence-electron chi connectivity index (χ0n) is 10.5. The lowest BCUT2D eigenvalue weighted by Gasteiger charge is -2.02. The van der Waals surface area contributed by atoms with Crippen molar-refractivity contribution < 1.29 is 4.39 Å². The van der Waals surface area contributed by atoms with Crippen molar-refractivity contribution in [2.24, 2.45) is 0 Å². The van der Waals surface area contributed by atoms with Gasteiger partial charge in [-0.25, -0.2) is 9.37 Å². The van der Waals surface area contributed by atoms with Crippen molar-refractivity contribution in [1.29, 1.82) is 0 Å². The van der Waals surface area contributed by atoms with Gasteiger partial charge in [0.05, 0.1) is 0 Å². The van der Waals surface area contributed by atoms with Crippen LogP contribution in [0.5, 0.6) is 0 Å². The van der Waals surface area contributed by atoms with Gasteiger partial charge in [0.2, 0.25) is 0 Å². The summed E-state index contributed by atoms with van der Waals surface area (Å²) < 4.78 is 15.0. The Labute approximate surface area is 116 Å². The predicted octanol–water partition coefficient (Wildman–Crippen LogP) is 4.10. The van der Waals surface area contributed by atoms with E-state index in [4.69, 9.17) is 0 Å². The third-order valence-corrected chi connectivity index (χ3v) is 3.66. The minimum absolute atomic E-state index is 0.237. The van der Waals surface area contributed by atoms with Crippen LogP contribution in [-0.2, 0) is 6.42 Å². The van der Waals surface area contributed by atoms with Crippen molar-refractivity contribution in [3.8, 4) is 11.1 Å². The Morgan fingerprint density at radius 1 is 1.21 bits per heavy atom. The molecule has 0 N–H and O–H groups in total. The molecule has 0 saturated carbocycles. The highest BCUT2D eigenvalue weighted by atomic mass is 32.1. The molecule has 2 nitrogen and oxygen atoms in total. The van der Waals surface area contributed by atoms with Crippen LogP contribution in [-0.4, -0.2) is 8.96 Å². The lowest BCUT2D eigenvalue weighted by Crippen LogP contribution is -1.89. The van der Waals surface area contributed by atoms with Gasteiger partial charge in [-0.3, -0.25) is 3.97 Å². The quantitative estimate of drug-likeness (QED) is 0.695. The molecule has 0 aliphatic rings. The molecule has 2 heterocycles. The molecular weight excluding hydrogens is 259 g/mol. The molecule has 0 amide bonds. The zero-order valence-corrected chi connectivity index (χ0v) is 11.4. The molecule has 0 unspecified atom stereocenters. The number of pyridine rings is 1. The second kappa shape index (κ2) is 4.70. The molecule has 96 valence electrons. The molecule has 0 fully saturated rings. The summed E-state index contributed by atoms with van der Waals surface area (Å²) in [4.78, 5) is 4.42. The maximum Gasteiger partial charge on any atom is 0.150 e. The molecule has 0 spiro atoms. The van der Waals surface area contributed by atoms with Crippen molar-refractivity contribution in [2.75, 3.05) is 0 Å². The first-order valence-electron chi connectivity index (χ1n) is 6.14. The number of benzene rings is 1. The molecule has 1 aromatic carbocycles. The SMILES string of the molecule is CCc1cc2cc(-c3cccc(F)c3)cnc2n1S. The first kappa shape index (κ1) is 12.2. The smallest absolute Gasteiger partial charge is 0.150 e. The highest BCUT2D eigenvalue weighted by molar-refractivity contribution is 7.78. The maximum atomic E-state index is 13.3. The average molecular weight is 272 g/mol. The van der Waals surface area contributed by atoms with Gasteiger partial charge in [-0.05, 0) is 36.2 Å². The number of hydrogen-bond donors (Lipinski definition) is 1. The highest BCUT2D eigenvalue weighted by Gasteiger charge is 2.08. The van der Waals surface area contributed by atoms with Gasteiger partial charge in [0.25, 0.3) is 0 Å². The summed E-state index contributed by atoms with van der Waals surface area (Å²) in [6.07, 6.45) is 2.65. The van der Waals surface area contributed by atoms with Crippen LogP contribution in [0.3, 0.4) is 0 Å². The summed E-state index contributed by atoms with van der Waals surface area (Å²) in [6, 6.07) is 10.6. The largest absolute Gasteiger partial charge is 0.275 e. The summed E-state index contributed by atoms with van der Waals surface area (Å²) in [5.74, 6) is -0.237. The number of aryl methyl sites for hydroxylation is 1. The number of fused-ring (bicyclic) bond motifs is 1. The third-order valence-electron chi connectivity index (χ3n) is 3.21. The Balaban J connectivity index is 2.16. The molecule has 0 bridgehead atoms. The van der Waals surface area contributed by atoms with E-state index in [9.17, 15) is 4.39 Å². The van der Waals surface area contributed by atoms with Gasteiger partial charge >= 0.3 is 0 Å². The summed E-state index contributed by atoms with van der Waals surface area (Å²) in [5, 5.41) is 1.02. The average Bonchev–Trinajstić information content (AvgIpc) is 2.75. The molecule has 3 aromatic rings. The molecule has 19 heavy (non-hydrogen) atoms. The Bertz CT molecular complexity index is 749. The van der Waals surface area contributed by atoms with Crippen molar-refractivity contribution in [2.45, 2.75) is 13.3 Å². The molecule has 0 saturated heterocycles. The van der Waals surface area contributed by atoms with E-state index in [0.717, 1.165) is 34.3 Å². The number of halogens is 1. The normalized spacial score (nSPS) is 11.1. The van der Waals surface area contributed by atoms with Crippen LogP contribution in [0.1, 0.15) is 12.6 Å². The minimum atomic E-state index is -0.237. The van der Waals surface area contributed by atoms with E-state index in [1.807, 2.05) is 12.1 Å². The first-order valence-corrected chi connectivity index (χ1v) is 6.54. The van der Waals surface area contributed by atoms with Crippen LogP contribution in [0.15, 0.2) is 42.6 Å². The molecule has 3 rings (SSSR count). The molecular formula is C15H13FN2S. The molecule has 0 aliphatic heterocycles. The topological polar surface area (TPSA) is 17.8 Å². The predicted molar refractivity (Wildman–Crippen MR) is 78.9 cm³/mol. The second-order valence-electron chi connectivity index (χ2n) is 4.45. The van der Waals surface area contributed by atoms with Crippen molar-refractivity contribution in [3.63, 3.8) is 0 Å². The molecule has 0 atom stereocenters. The van der Waals surface area contributed by atoms with Crippen molar-refractivity contribution in [1.82, 2.24) is 8.96 Å². The number of rotatable bonds is 2. The maximum absolute atomic E-state index is 13.3. The Morgan fingerprint density at radius 3 is 2.79 bits per heavy atom.